The second-order valence-corrected chi connectivity index (χ2v) is 5.11. The third-order valence-corrected chi connectivity index (χ3v) is 3.06. The second kappa shape index (κ2) is 5.97. The number of carbonyl (C=O) groups is 1. The van der Waals surface area contributed by atoms with E-state index >= 15 is 0 Å². The molecule has 0 aliphatic heterocycles. The van der Waals surface area contributed by atoms with E-state index in [4.69, 9.17) is 0 Å². The van der Waals surface area contributed by atoms with Crippen molar-refractivity contribution in [2.24, 2.45) is 0 Å². The summed E-state index contributed by atoms with van der Waals surface area (Å²) in [4.78, 5) is 11.8. The predicted molar refractivity (Wildman–Crippen MR) is 72.9 cm³/mol. The van der Waals surface area contributed by atoms with Crippen LogP contribution in [-0.2, 0) is 11.3 Å². The smallest absolute Gasteiger partial charge is 0.242 e. The van der Waals surface area contributed by atoms with Gasteiger partial charge in [-0.1, -0.05) is 12.1 Å². The van der Waals surface area contributed by atoms with E-state index in [0.29, 0.717) is 0 Å². The first-order valence-corrected chi connectivity index (χ1v) is 6.56. The predicted octanol–water partition coefficient (Wildman–Crippen LogP) is 2.66. The Hall–Kier alpha value is -1.69. The Morgan fingerprint density at radius 2 is 2.16 bits per heavy atom. The average molecular weight is 326 g/mol. The van der Waals surface area contributed by atoms with Gasteiger partial charge in [0.2, 0.25) is 5.91 Å². The zero-order chi connectivity index (χ0) is 13.8. The van der Waals surface area contributed by atoms with Crippen LogP contribution in [0.3, 0.4) is 0 Å². The summed E-state index contributed by atoms with van der Waals surface area (Å²) >= 11 is 3.27. The Kier molecular flexibility index (Phi) is 4.31. The van der Waals surface area contributed by atoms with Crippen molar-refractivity contribution in [3.05, 3.63) is 52.5 Å². The lowest BCUT2D eigenvalue weighted by molar-refractivity contribution is -0.122. The van der Waals surface area contributed by atoms with Crippen LogP contribution in [0, 0.1) is 5.82 Å². The Labute approximate surface area is 118 Å². The molecule has 0 aliphatic carbocycles. The minimum atomic E-state index is -0.288. The molecule has 1 N–H and O–H groups in total. The largest absolute Gasteiger partial charge is 0.348 e. The Bertz CT molecular complexity index is 568. The molecule has 1 aromatic carbocycles. The monoisotopic (exact) mass is 325 g/mol. The van der Waals surface area contributed by atoms with E-state index in [0.717, 1.165) is 10.0 Å². The lowest BCUT2D eigenvalue weighted by atomic mass is 10.1. The van der Waals surface area contributed by atoms with E-state index in [1.54, 1.807) is 24.5 Å². The zero-order valence-electron chi connectivity index (χ0n) is 10.3. The molecule has 0 spiro atoms. The SMILES string of the molecule is C[C@H](NC(=O)Cn1cc(Br)cn1)c1ccc(F)cc1. The molecule has 0 unspecified atom stereocenters. The lowest BCUT2D eigenvalue weighted by Crippen LogP contribution is -2.30. The molecule has 4 nitrogen and oxygen atoms in total. The standard InChI is InChI=1S/C13H13BrFN3O/c1-9(10-2-4-12(15)5-3-10)17-13(19)8-18-7-11(14)6-16-18/h2-7,9H,8H2,1H3,(H,17,19)/t9-/m0/s1. The molecule has 100 valence electrons. The van der Waals surface area contributed by atoms with Crippen molar-refractivity contribution in [1.29, 1.82) is 0 Å². The topological polar surface area (TPSA) is 46.9 Å². The van der Waals surface area contributed by atoms with Gasteiger partial charge in [0.05, 0.1) is 16.7 Å². The van der Waals surface area contributed by atoms with Gasteiger partial charge >= 0.3 is 0 Å². The number of aromatic nitrogens is 2. The first-order chi connectivity index (χ1) is 9.04. The molecular formula is C13H13BrFN3O. The van der Waals surface area contributed by atoms with E-state index in [9.17, 15) is 9.18 Å². The molecule has 1 aromatic heterocycles. The number of hydrogen-bond donors (Lipinski definition) is 1. The molecule has 0 aliphatic rings. The van der Waals surface area contributed by atoms with Gasteiger partial charge < -0.3 is 5.32 Å². The molecule has 0 radical (unpaired) electrons. The zero-order valence-corrected chi connectivity index (χ0v) is 11.9. The summed E-state index contributed by atoms with van der Waals surface area (Å²) in [6, 6.07) is 5.90. The van der Waals surface area contributed by atoms with Crippen LogP contribution in [0.15, 0.2) is 41.1 Å². The maximum atomic E-state index is 12.8. The fourth-order valence-electron chi connectivity index (χ4n) is 1.69. The van der Waals surface area contributed by atoms with E-state index in [1.807, 2.05) is 6.92 Å². The van der Waals surface area contributed by atoms with Crippen LogP contribution in [0.25, 0.3) is 0 Å². The minimum Gasteiger partial charge on any atom is -0.348 e. The molecular weight excluding hydrogens is 313 g/mol. The van der Waals surface area contributed by atoms with Gasteiger partial charge in [-0.15, -0.1) is 0 Å². The highest BCUT2D eigenvalue weighted by atomic mass is 79.9. The van der Waals surface area contributed by atoms with Crippen molar-refractivity contribution >= 4 is 21.8 Å². The summed E-state index contributed by atoms with van der Waals surface area (Å²) in [6.07, 6.45) is 3.35. The highest BCUT2D eigenvalue weighted by molar-refractivity contribution is 9.10. The molecule has 6 heteroatoms. The van der Waals surface area contributed by atoms with E-state index < -0.39 is 0 Å². The summed E-state index contributed by atoms with van der Waals surface area (Å²) in [6.45, 7) is 2.00. The number of nitrogens with zero attached hydrogens (tertiary/aromatic N) is 2. The minimum absolute atomic E-state index is 0.146. The third kappa shape index (κ3) is 3.89. The van der Waals surface area contributed by atoms with E-state index in [-0.39, 0.29) is 24.3 Å². The summed E-state index contributed by atoms with van der Waals surface area (Å²) in [7, 11) is 0. The maximum Gasteiger partial charge on any atom is 0.242 e. The number of nitrogens with one attached hydrogen (secondary N) is 1. The van der Waals surface area contributed by atoms with Crippen LogP contribution in [0.2, 0.25) is 0 Å². The van der Waals surface area contributed by atoms with Gasteiger partial charge in [0.25, 0.3) is 0 Å². The molecule has 0 fully saturated rings. The highest BCUT2D eigenvalue weighted by Gasteiger charge is 2.10. The van der Waals surface area contributed by atoms with Crippen LogP contribution in [0.1, 0.15) is 18.5 Å². The van der Waals surface area contributed by atoms with Crippen LogP contribution in [0.4, 0.5) is 4.39 Å². The van der Waals surface area contributed by atoms with Gasteiger partial charge in [-0.3, -0.25) is 9.48 Å². The lowest BCUT2D eigenvalue weighted by Gasteiger charge is -2.14. The molecule has 2 aromatic rings. The molecule has 0 saturated heterocycles. The Morgan fingerprint density at radius 1 is 1.47 bits per heavy atom. The number of hydrogen-bond acceptors (Lipinski definition) is 2. The fraction of sp³-hybridized carbons (Fsp3) is 0.231. The van der Waals surface area contributed by atoms with Crippen LogP contribution in [-0.4, -0.2) is 15.7 Å². The molecule has 1 amide bonds. The summed E-state index contributed by atoms with van der Waals surface area (Å²) in [5.41, 5.74) is 0.858. The number of carbonyl (C=O) groups excluding carboxylic acids is 1. The normalized spacial score (nSPS) is 12.2. The van der Waals surface area contributed by atoms with E-state index in [2.05, 4.69) is 26.3 Å². The Balaban J connectivity index is 1.93. The van der Waals surface area contributed by atoms with Crippen molar-refractivity contribution in [3.63, 3.8) is 0 Å². The van der Waals surface area contributed by atoms with E-state index in [1.165, 1.54) is 16.8 Å². The number of amides is 1. The molecule has 1 atom stereocenters. The molecule has 0 saturated carbocycles. The first kappa shape index (κ1) is 13.7. The highest BCUT2D eigenvalue weighted by Crippen LogP contribution is 2.13. The van der Waals surface area contributed by atoms with Crippen LogP contribution in [0.5, 0.6) is 0 Å². The van der Waals surface area contributed by atoms with Crippen molar-refractivity contribution < 1.29 is 9.18 Å². The maximum absolute atomic E-state index is 12.8. The fourth-order valence-corrected chi connectivity index (χ4v) is 2.02. The summed E-state index contributed by atoms with van der Waals surface area (Å²) in [5.74, 6) is -0.434. The van der Waals surface area contributed by atoms with Crippen molar-refractivity contribution in [1.82, 2.24) is 15.1 Å². The molecule has 1 heterocycles. The number of halogens is 2. The van der Waals surface area contributed by atoms with Crippen LogP contribution < -0.4 is 5.32 Å². The number of benzene rings is 1. The molecule has 19 heavy (non-hydrogen) atoms. The average Bonchev–Trinajstić information content (AvgIpc) is 2.75. The third-order valence-electron chi connectivity index (χ3n) is 2.65. The van der Waals surface area contributed by atoms with Gasteiger partial charge in [0, 0.05) is 6.20 Å². The quantitative estimate of drug-likeness (QED) is 0.939. The van der Waals surface area contributed by atoms with Gasteiger partial charge in [-0.2, -0.15) is 5.10 Å². The molecule has 2 rings (SSSR count). The summed E-state index contributed by atoms with van der Waals surface area (Å²) in [5, 5.41) is 6.84. The van der Waals surface area contributed by atoms with Gasteiger partial charge in [0.1, 0.15) is 12.4 Å². The van der Waals surface area contributed by atoms with Crippen LogP contribution >= 0.6 is 15.9 Å². The summed E-state index contributed by atoms with van der Waals surface area (Å²) < 4.78 is 15.2. The van der Waals surface area contributed by atoms with Crippen molar-refractivity contribution in [3.8, 4) is 0 Å². The first-order valence-electron chi connectivity index (χ1n) is 5.77. The molecule has 0 bridgehead atoms. The number of rotatable bonds is 4. The van der Waals surface area contributed by atoms with Gasteiger partial charge in [0.15, 0.2) is 0 Å². The van der Waals surface area contributed by atoms with Crippen molar-refractivity contribution in [2.75, 3.05) is 0 Å². The van der Waals surface area contributed by atoms with Crippen molar-refractivity contribution in [2.45, 2.75) is 19.5 Å². The second-order valence-electron chi connectivity index (χ2n) is 4.20. The van der Waals surface area contributed by atoms with Gasteiger partial charge in [-0.25, -0.2) is 4.39 Å². The van der Waals surface area contributed by atoms with Gasteiger partial charge in [-0.05, 0) is 40.5 Å². The Morgan fingerprint density at radius 3 is 2.74 bits per heavy atom.